The number of hydrogen-bond donors (Lipinski definition) is 0. The number of fused-ring (bicyclic) bond motifs is 2. The molecule has 0 aliphatic heterocycles. The summed E-state index contributed by atoms with van der Waals surface area (Å²) in [7, 11) is 0. The predicted molar refractivity (Wildman–Crippen MR) is 99.4 cm³/mol. The molecule has 0 N–H and O–H groups in total. The van der Waals surface area contributed by atoms with E-state index >= 15 is 0 Å². The van der Waals surface area contributed by atoms with Gasteiger partial charge in [-0.3, -0.25) is 4.57 Å². The van der Waals surface area contributed by atoms with E-state index in [1.54, 1.807) is 30.3 Å². The van der Waals surface area contributed by atoms with E-state index in [2.05, 4.69) is 9.97 Å². The van der Waals surface area contributed by atoms with E-state index in [0.29, 0.717) is 16.0 Å². The fourth-order valence-electron chi connectivity index (χ4n) is 2.70. The molecule has 27 heavy (non-hydrogen) atoms. The number of carbonyl (C=O) groups is 1. The zero-order chi connectivity index (χ0) is 18.8. The van der Waals surface area contributed by atoms with Gasteiger partial charge < -0.3 is 4.74 Å². The fraction of sp³-hybridized carbons (Fsp3) is 0.105. The molecule has 0 amide bonds. The Morgan fingerprint density at radius 3 is 2.63 bits per heavy atom. The third-order valence-corrected chi connectivity index (χ3v) is 4.88. The third-order valence-electron chi connectivity index (χ3n) is 3.88. The Labute approximate surface area is 156 Å². The first kappa shape index (κ1) is 17.3. The Morgan fingerprint density at radius 1 is 1.11 bits per heavy atom. The lowest BCUT2D eigenvalue weighted by molar-refractivity contribution is -0.139. The number of hydrogen-bond acceptors (Lipinski definition) is 5. The molecular weight excluding hydrogens is 372 g/mol. The van der Waals surface area contributed by atoms with Crippen molar-refractivity contribution in [3.05, 3.63) is 65.4 Å². The zero-order valence-electron chi connectivity index (χ0n) is 13.9. The van der Waals surface area contributed by atoms with Crippen LogP contribution in [-0.4, -0.2) is 20.5 Å². The predicted octanol–water partition coefficient (Wildman–Crippen LogP) is 4.80. The van der Waals surface area contributed by atoms with E-state index in [9.17, 15) is 13.6 Å². The molecule has 0 radical (unpaired) electrons. The van der Waals surface area contributed by atoms with Gasteiger partial charge in [-0.2, -0.15) is 8.78 Å². The van der Waals surface area contributed by atoms with Gasteiger partial charge in [0.2, 0.25) is 0 Å². The van der Waals surface area contributed by atoms with Crippen LogP contribution in [0.4, 0.5) is 8.78 Å². The van der Waals surface area contributed by atoms with Crippen LogP contribution >= 0.6 is 11.3 Å². The van der Waals surface area contributed by atoms with Crippen molar-refractivity contribution in [2.24, 2.45) is 0 Å². The number of para-hydroxylation sites is 3. The Hall–Kier alpha value is -3.13. The van der Waals surface area contributed by atoms with Crippen molar-refractivity contribution in [2.75, 3.05) is 0 Å². The third kappa shape index (κ3) is 3.56. The number of halogens is 2. The smallest absolute Gasteiger partial charge is 0.331 e. The lowest BCUT2D eigenvalue weighted by atomic mass is 10.3. The van der Waals surface area contributed by atoms with Crippen molar-refractivity contribution in [3.63, 3.8) is 0 Å². The molecule has 2 heterocycles. The number of rotatable bonds is 5. The number of ether oxygens (including phenoxy) is 1. The first-order chi connectivity index (χ1) is 13.1. The van der Waals surface area contributed by atoms with Crippen LogP contribution in [-0.2, 0) is 16.1 Å². The number of aromatic nitrogens is 3. The van der Waals surface area contributed by atoms with Crippen LogP contribution in [0, 0.1) is 0 Å². The summed E-state index contributed by atoms with van der Waals surface area (Å²) >= 11 is 1.44. The highest BCUT2D eigenvalue weighted by atomic mass is 32.1. The second kappa shape index (κ2) is 7.24. The lowest BCUT2D eigenvalue weighted by Crippen LogP contribution is -2.09. The van der Waals surface area contributed by atoms with Crippen molar-refractivity contribution >= 4 is 44.6 Å². The van der Waals surface area contributed by atoms with E-state index in [1.807, 2.05) is 24.3 Å². The van der Waals surface area contributed by atoms with Gasteiger partial charge in [-0.05, 0) is 30.3 Å². The van der Waals surface area contributed by atoms with Crippen LogP contribution in [0.15, 0.2) is 54.6 Å². The van der Waals surface area contributed by atoms with Crippen LogP contribution in [0.25, 0.3) is 27.3 Å². The maximum absolute atomic E-state index is 13.3. The largest absolute Gasteiger partial charge is 0.454 e. The highest BCUT2D eigenvalue weighted by Gasteiger charge is 2.18. The van der Waals surface area contributed by atoms with Crippen molar-refractivity contribution in [3.8, 4) is 0 Å². The van der Waals surface area contributed by atoms with Crippen LogP contribution in [0.5, 0.6) is 0 Å². The highest BCUT2D eigenvalue weighted by Crippen LogP contribution is 2.24. The van der Waals surface area contributed by atoms with E-state index in [0.717, 1.165) is 14.8 Å². The molecule has 136 valence electrons. The molecule has 0 unspecified atom stereocenters. The molecule has 0 aliphatic carbocycles. The summed E-state index contributed by atoms with van der Waals surface area (Å²) in [6, 6.07) is 14.2. The number of carbonyl (C=O) groups excluding carboxylic acids is 1. The molecule has 2 aromatic carbocycles. The molecule has 0 saturated carbocycles. The average molecular weight is 385 g/mol. The number of imidazole rings is 1. The van der Waals surface area contributed by atoms with Crippen LogP contribution in [0.2, 0.25) is 0 Å². The molecule has 4 rings (SSSR count). The van der Waals surface area contributed by atoms with Gasteiger partial charge in [0, 0.05) is 6.08 Å². The lowest BCUT2D eigenvalue weighted by Gasteiger charge is -2.07. The molecule has 0 saturated heterocycles. The minimum Gasteiger partial charge on any atom is -0.454 e. The molecule has 5 nitrogen and oxygen atoms in total. The second-order valence-corrected chi connectivity index (χ2v) is 6.69. The monoisotopic (exact) mass is 385 g/mol. The molecular formula is C19H13F2N3O2S. The van der Waals surface area contributed by atoms with E-state index in [-0.39, 0.29) is 12.4 Å². The van der Waals surface area contributed by atoms with E-state index in [4.69, 9.17) is 4.74 Å². The van der Waals surface area contributed by atoms with E-state index in [1.165, 1.54) is 17.4 Å². The summed E-state index contributed by atoms with van der Waals surface area (Å²) in [6.45, 7) is -3.12. The highest BCUT2D eigenvalue weighted by molar-refractivity contribution is 7.19. The van der Waals surface area contributed by atoms with Gasteiger partial charge in [0.25, 0.3) is 0 Å². The summed E-state index contributed by atoms with van der Waals surface area (Å²) < 4.78 is 33.5. The van der Waals surface area contributed by atoms with Crippen LogP contribution in [0.3, 0.4) is 0 Å². The normalized spacial score (nSPS) is 11.8. The number of nitrogens with zero attached hydrogens (tertiary/aromatic N) is 3. The minimum atomic E-state index is -2.77. The van der Waals surface area contributed by atoms with Crippen molar-refractivity contribution in [2.45, 2.75) is 13.2 Å². The zero-order valence-corrected chi connectivity index (χ0v) is 14.7. The average Bonchev–Trinajstić information content (AvgIpc) is 3.25. The van der Waals surface area contributed by atoms with Gasteiger partial charge in [-0.25, -0.2) is 14.8 Å². The molecule has 0 fully saturated rings. The van der Waals surface area contributed by atoms with Gasteiger partial charge in [-0.15, -0.1) is 11.3 Å². The van der Waals surface area contributed by atoms with Crippen molar-refractivity contribution in [1.82, 2.24) is 14.5 Å². The van der Waals surface area contributed by atoms with Crippen molar-refractivity contribution in [1.29, 1.82) is 0 Å². The van der Waals surface area contributed by atoms with Crippen molar-refractivity contribution < 1.29 is 18.3 Å². The molecule has 0 aliphatic rings. The topological polar surface area (TPSA) is 57.0 Å². The first-order valence-electron chi connectivity index (χ1n) is 8.06. The molecule has 0 spiro atoms. The molecule has 8 heteroatoms. The summed E-state index contributed by atoms with van der Waals surface area (Å²) in [5.41, 5.74) is 1.57. The van der Waals surface area contributed by atoms with Gasteiger partial charge in [0.05, 0.1) is 21.3 Å². The summed E-state index contributed by atoms with van der Waals surface area (Å²) in [5.74, 6) is -0.657. The maximum atomic E-state index is 13.3. The Bertz CT molecular complexity index is 1120. The number of esters is 1. The second-order valence-electron chi connectivity index (χ2n) is 5.63. The van der Waals surface area contributed by atoms with Crippen LogP contribution < -0.4 is 0 Å². The summed E-state index contributed by atoms with van der Waals surface area (Å²) in [5, 5.41) is 0.660. The Kier molecular flexibility index (Phi) is 4.64. The SMILES string of the molecule is O=C(/C=C/c1nc2ccccc2s1)OCc1nc2ccccc2n1C(F)F. The summed E-state index contributed by atoms with van der Waals surface area (Å²) in [6.07, 6.45) is 2.77. The van der Waals surface area contributed by atoms with Gasteiger partial charge >= 0.3 is 12.5 Å². The first-order valence-corrected chi connectivity index (χ1v) is 8.88. The Morgan fingerprint density at radius 2 is 1.85 bits per heavy atom. The minimum absolute atomic E-state index is 0.00654. The fourth-order valence-corrected chi connectivity index (χ4v) is 3.57. The number of thiazole rings is 1. The molecule has 2 aromatic heterocycles. The molecule has 0 atom stereocenters. The molecule has 0 bridgehead atoms. The molecule has 4 aromatic rings. The summed E-state index contributed by atoms with van der Waals surface area (Å²) in [4.78, 5) is 20.4. The maximum Gasteiger partial charge on any atom is 0.331 e. The van der Waals surface area contributed by atoms with Gasteiger partial charge in [-0.1, -0.05) is 24.3 Å². The standard InChI is InChI=1S/C19H13F2N3O2S/c20-19(21)24-14-7-3-1-5-12(14)22-16(24)11-26-18(25)10-9-17-23-13-6-2-4-8-15(13)27-17/h1-10,19H,11H2/b10-9+. The number of benzene rings is 2. The van der Waals surface area contributed by atoms with Gasteiger partial charge in [0.15, 0.2) is 5.82 Å². The number of alkyl halides is 2. The van der Waals surface area contributed by atoms with Crippen LogP contribution in [0.1, 0.15) is 17.4 Å². The quantitative estimate of drug-likeness (QED) is 0.366. The van der Waals surface area contributed by atoms with E-state index < -0.39 is 12.5 Å². The van der Waals surface area contributed by atoms with Gasteiger partial charge in [0.1, 0.15) is 11.6 Å². The Balaban J connectivity index is 1.47.